The molecule has 0 aliphatic heterocycles. The highest BCUT2D eigenvalue weighted by molar-refractivity contribution is 5.68. The average Bonchev–Trinajstić information content (AvgIpc) is 2.46. The van der Waals surface area contributed by atoms with Crippen molar-refractivity contribution in [2.75, 3.05) is 7.05 Å². The van der Waals surface area contributed by atoms with Gasteiger partial charge in [-0.25, -0.2) is 4.79 Å². The molecule has 0 unspecified atom stereocenters. The molecule has 0 fully saturated rings. The molecule has 0 N–H and O–H groups in total. The van der Waals surface area contributed by atoms with Crippen molar-refractivity contribution in [1.29, 1.82) is 0 Å². The SMILES string of the molecule is Cc1cc(-c2ccc(CN(C)C(=O)OC(C)(C)C)cc2)ccn1. The number of carbonyl (C=O) groups is 1. The van der Waals surface area contributed by atoms with Crippen LogP contribution in [0.3, 0.4) is 0 Å². The van der Waals surface area contributed by atoms with Crippen LogP contribution < -0.4 is 0 Å². The lowest BCUT2D eigenvalue weighted by Gasteiger charge is -2.24. The summed E-state index contributed by atoms with van der Waals surface area (Å²) in [5.41, 5.74) is 3.86. The van der Waals surface area contributed by atoms with E-state index in [1.807, 2.05) is 52.1 Å². The Morgan fingerprint density at radius 3 is 2.35 bits per heavy atom. The van der Waals surface area contributed by atoms with Gasteiger partial charge < -0.3 is 9.64 Å². The van der Waals surface area contributed by atoms with Gasteiger partial charge in [-0.05, 0) is 56.5 Å². The summed E-state index contributed by atoms with van der Waals surface area (Å²) in [6, 6.07) is 12.2. The lowest BCUT2D eigenvalue weighted by Crippen LogP contribution is -2.33. The van der Waals surface area contributed by atoms with E-state index in [4.69, 9.17) is 4.74 Å². The first kappa shape index (κ1) is 17.0. The van der Waals surface area contributed by atoms with E-state index in [9.17, 15) is 4.79 Å². The van der Waals surface area contributed by atoms with E-state index in [0.717, 1.165) is 22.4 Å². The van der Waals surface area contributed by atoms with Gasteiger partial charge in [0.25, 0.3) is 0 Å². The van der Waals surface area contributed by atoms with Gasteiger partial charge >= 0.3 is 6.09 Å². The van der Waals surface area contributed by atoms with E-state index in [-0.39, 0.29) is 6.09 Å². The molecule has 1 amide bonds. The number of hydrogen-bond donors (Lipinski definition) is 0. The molecule has 0 saturated carbocycles. The molecule has 1 aromatic carbocycles. The second kappa shape index (κ2) is 6.82. The predicted molar refractivity (Wildman–Crippen MR) is 92.1 cm³/mol. The summed E-state index contributed by atoms with van der Waals surface area (Å²) in [5.74, 6) is 0. The molecule has 0 radical (unpaired) electrons. The minimum Gasteiger partial charge on any atom is -0.444 e. The highest BCUT2D eigenvalue weighted by Gasteiger charge is 2.19. The van der Waals surface area contributed by atoms with Gasteiger partial charge in [-0.1, -0.05) is 24.3 Å². The maximum absolute atomic E-state index is 12.0. The van der Waals surface area contributed by atoms with Crippen LogP contribution in [0.4, 0.5) is 4.79 Å². The molecule has 122 valence electrons. The van der Waals surface area contributed by atoms with Crippen molar-refractivity contribution in [2.24, 2.45) is 0 Å². The van der Waals surface area contributed by atoms with Gasteiger partial charge in [-0.15, -0.1) is 0 Å². The Morgan fingerprint density at radius 2 is 1.78 bits per heavy atom. The van der Waals surface area contributed by atoms with Crippen LogP contribution in [0.5, 0.6) is 0 Å². The predicted octanol–water partition coefficient (Wildman–Crippen LogP) is 4.42. The summed E-state index contributed by atoms with van der Waals surface area (Å²) in [4.78, 5) is 17.8. The van der Waals surface area contributed by atoms with Crippen LogP contribution in [0, 0.1) is 6.92 Å². The molecule has 23 heavy (non-hydrogen) atoms. The van der Waals surface area contributed by atoms with E-state index in [0.29, 0.717) is 6.54 Å². The molecular weight excluding hydrogens is 288 g/mol. The number of aromatic nitrogens is 1. The van der Waals surface area contributed by atoms with Crippen molar-refractivity contribution in [3.8, 4) is 11.1 Å². The number of hydrogen-bond acceptors (Lipinski definition) is 3. The third-order valence-electron chi connectivity index (χ3n) is 3.31. The standard InChI is InChI=1S/C19H24N2O2/c1-14-12-17(10-11-20-14)16-8-6-15(7-9-16)13-21(5)18(22)23-19(2,3)4/h6-12H,13H2,1-5H3. The molecule has 0 aliphatic rings. The third-order valence-corrected chi connectivity index (χ3v) is 3.31. The molecule has 0 atom stereocenters. The minimum atomic E-state index is -0.478. The van der Waals surface area contributed by atoms with Gasteiger partial charge in [-0.3, -0.25) is 4.98 Å². The van der Waals surface area contributed by atoms with E-state index in [2.05, 4.69) is 23.2 Å². The molecule has 0 aliphatic carbocycles. The zero-order chi connectivity index (χ0) is 17.0. The highest BCUT2D eigenvalue weighted by Crippen LogP contribution is 2.20. The zero-order valence-corrected chi connectivity index (χ0v) is 14.5. The Hall–Kier alpha value is -2.36. The summed E-state index contributed by atoms with van der Waals surface area (Å²) >= 11 is 0. The van der Waals surface area contributed by atoms with Crippen LogP contribution in [0.25, 0.3) is 11.1 Å². The monoisotopic (exact) mass is 312 g/mol. The lowest BCUT2D eigenvalue weighted by molar-refractivity contribution is 0.0285. The van der Waals surface area contributed by atoms with Crippen molar-refractivity contribution < 1.29 is 9.53 Å². The van der Waals surface area contributed by atoms with Crippen LogP contribution in [0.15, 0.2) is 42.6 Å². The minimum absolute atomic E-state index is 0.314. The Morgan fingerprint density at radius 1 is 1.13 bits per heavy atom. The number of amides is 1. The molecule has 0 spiro atoms. The smallest absolute Gasteiger partial charge is 0.410 e. The lowest BCUT2D eigenvalue weighted by atomic mass is 10.0. The second-order valence-corrected chi connectivity index (χ2v) is 6.72. The Bertz CT molecular complexity index is 673. The van der Waals surface area contributed by atoms with Crippen molar-refractivity contribution in [1.82, 2.24) is 9.88 Å². The van der Waals surface area contributed by atoms with E-state index < -0.39 is 5.60 Å². The number of benzene rings is 1. The van der Waals surface area contributed by atoms with Crippen molar-refractivity contribution in [2.45, 2.75) is 39.8 Å². The topological polar surface area (TPSA) is 42.4 Å². The summed E-state index contributed by atoms with van der Waals surface area (Å²) in [7, 11) is 1.74. The first-order valence-corrected chi connectivity index (χ1v) is 7.71. The van der Waals surface area contributed by atoms with Crippen LogP contribution in [0.2, 0.25) is 0 Å². The van der Waals surface area contributed by atoms with E-state index in [1.54, 1.807) is 11.9 Å². The summed E-state index contributed by atoms with van der Waals surface area (Å²) < 4.78 is 5.36. The molecule has 0 bridgehead atoms. The molecule has 2 rings (SSSR count). The number of pyridine rings is 1. The van der Waals surface area contributed by atoms with Crippen LogP contribution in [0.1, 0.15) is 32.0 Å². The van der Waals surface area contributed by atoms with Gasteiger partial charge in [-0.2, -0.15) is 0 Å². The summed E-state index contributed by atoms with van der Waals surface area (Å²) in [6.07, 6.45) is 1.50. The quantitative estimate of drug-likeness (QED) is 0.842. The molecule has 0 saturated heterocycles. The molecule has 2 aromatic rings. The van der Waals surface area contributed by atoms with Crippen molar-refractivity contribution in [3.63, 3.8) is 0 Å². The second-order valence-electron chi connectivity index (χ2n) is 6.72. The fraction of sp³-hybridized carbons (Fsp3) is 0.368. The van der Waals surface area contributed by atoms with Crippen LogP contribution in [-0.2, 0) is 11.3 Å². The van der Waals surface area contributed by atoms with Gasteiger partial charge in [0.05, 0.1) is 0 Å². The van der Waals surface area contributed by atoms with E-state index in [1.165, 1.54) is 0 Å². The Kier molecular flexibility index (Phi) is 5.04. The van der Waals surface area contributed by atoms with Gasteiger partial charge in [0, 0.05) is 25.5 Å². The fourth-order valence-corrected chi connectivity index (χ4v) is 2.21. The molecule has 1 aromatic heterocycles. The number of rotatable bonds is 3. The van der Waals surface area contributed by atoms with Crippen molar-refractivity contribution in [3.05, 3.63) is 53.9 Å². The van der Waals surface area contributed by atoms with E-state index >= 15 is 0 Å². The summed E-state index contributed by atoms with van der Waals surface area (Å²) in [5, 5.41) is 0. The molecular formula is C19H24N2O2. The molecule has 4 heteroatoms. The van der Waals surface area contributed by atoms with Gasteiger partial charge in [0.15, 0.2) is 0 Å². The maximum Gasteiger partial charge on any atom is 0.410 e. The normalized spacial score (nSPS) is 11.2. The molecule has 4 nitrogen and oxygen atoms in total. The van der Waals surface area contributed by atoms with Crippen LogP contribution >= 0.6 is 0 Å². The largest absolute Gasteiger partial charge is 0.444 e. The fourth-order valence-electron chi connectivity index (χ4n) is 2.21. The number of nitrogens with zero attached hydrogens (tertiary/aromatic N) is 2. The maximum atomic E-state index is 12.0. The Labute approximate surface area is 138 Å². The first-order valence-electron chi connectivity index (χ1n) is 7.71. The van der Waals surface area contributed by atoms with Crippen molar-refractivity contribution >= 4 is 6.09 Å². The first-order chi connectivity index (χ1) is 10.7. The highest BCUT2D eigenvalue weighted by atomic mass is 16.6. The third kappa shape index (κ3) is 5.09. The van der Waals surface area contributed by atoms with Crippen LogP contribution in [-0.4, -0.2) is 28.6 Å². The van der Waals surface area contributed by atoms with Gasteiger partial charge in [0.2, 0.25) is 0 Å². The molecule has 1 heterocycles. The zero-order valence-electron chi connectivity index (χ0n) is 14.5. The number of ether oxygens (including phenoxy) is 1. The number of aryl methyl sites for hydroxylation is 1. The average molecular weight is 312 g/mol. The number of carbonyl (C=O) groups excluding carboxylic acids is 1. The van der Waals surface area contributed by atoms with Gasteiger partial charge in [0.1, 0.15) is 5.60 Å². The Balaban J connectivity index is 2.04. The summed E-state index contributed by atoms with van der Waals surface area (Å²) in [6.45, 7) is 8.09.